The maximum absolute atomic E-state index is 5.60. The quantitative estimate of drug-likeness (QED) is 0.843. The van der Waals surface area contributed by atoms with Gasteiger partial charge in [0, 0.05) is 12.6 Å². The van der Waals surface area contributed by atoms with Crippen molar-refractivity contribution in [3.05, 3.63) is 24.0 Å². The Bertz CT molecular complexity index is 455. The van der Waals surface area contributed by atoms with Gasteiger partial charge in [0.2, 0.25) is 0 Å². The van der Waals surface area contributed by atoms with E-state index in [-0.39, 0.29) is 0 Å². The van der Waals surface area contributed by atoms with Gasteiger partial charge >= 0.3 is 0 Å². The van der Waals surface area contributed by atoms with Crippen molar-refractivity contribution in [3.8, 4) is 0 Å². The molecule has 1 aliphatic carbocycles. The van der Waals surface area contributed by atoms with Crippen LogP contribution in [0.4, 0.5) is 5.69 Å². The molecule has 102 valence electrons. The van der Waals surface area contributed by atoms with E-state index in [1.165, 1.54) is 44.2 Å². The van der Waals surface area contributed by atoms with Gasteiger partial charge < -0.3 is 10.6 Å². The molecule has 2 aliphatic rings. The molecule has 4 heteroatoms. The van der Waals surface area contributed by atoms with Gasteiger partial charge in [-0.05, 0) is 43.7 Å². The molecule has 1 aliphatic heterocycles. The SMILES string of the molecule is NC(=S)c1ccc(N2CCCC3CCCCC32)cn1. The minimum absolute atomic E-state index is 0.376. The minimum Gasteiger partial charge on any atom is -0.388 e. The molecule has 0 spiro atoms. The van der Waals surface area contributed by atoms with Crippen molar-refractivity contribution in [1.29, 1.82) is 0 Å². The van der Waals surface area contributed by atoms with E-state index < -0.39 is 0 Å². The summed E-state index contributed by atoms with van der Waals surface area (Å²) in [6.07, 6.45) is 10.2. The molecule has 2 N–H and O–H groups in total. The highest BCUT2D eigenvalue weighted by Crippen LogP contribution is 2.37. The van der Waals surface area contributed by atoms with E-state index in [4.69, 9.17) is 18.0 Å². The van der Waals surface area contributed by atoms with Crippen molar-refractivity contribution in [1.82, 2.24) is 4.98 Å². The fourth-order valence-corrected chi connectivity index (χ4v) is 3.77. The maximum atomic E-state index is 5.60. The number of hydrogen-bond acceptors (Lipinski definition) is 3. The van der Waals surface area contributed by atoms with E-state index in [9.17, 15) is 0 Å². The summed E-state index contributed by atoms with van der Waals surface area (Å²) >= 11 is 4.96. The summed E-state index contributed by atoms with van der Waals surface area (Å²) in [5.74, 6) is 0.887. The maximum Gasteiger partial charge on any atom is 0.122 e. The van der Waals surface area contributed by atoms with Crippen LogP contribution in [0.1, 0.15) is 44.2 Å². The molecular weight excluding hydrogens is 254 g/mol. The third-order valence-corrected chi connectivity index (χ3v) is 4.78. The number of thiocarbonyl (C=S) groups is 1. The summed E-state index contributed by atoms with van der Waals surface area (Å²) in [7, 11) is 0. The molecule has 1 saturated heterocycles. The van der Waals surface area contributed by atoms with Crippen LogP contribution >= 0.6 is 12.2 Å². The average molecular weight is 275 g/mol. The standard InChI is InChI=1S/C15H21N3S/c16-15(19)13-8-7-12(10-17-13)18-9-3-5-11-4-1-2-6-14(11)18/h7-8,10-11,14H,1-6,9H2,(H2,16,19). The van der Waals surface area contributed by atoms with Crippen LogP contribution in [-0.4, -0.2) is 22.6 Å². The second kappa shape index (κ2) is 5.45. The monoisotopic (exact) mass is 275 g/mol. The summed E-state index contributed by atoms with van der Waals surface area (Å²) in [5.41, 5.74) is 7.56. The highest BCUT2D eigenvalue weighted by Gasteiger charge is 2.33. The molecule has 2 heterocycles. The van der Waals surface area contributed by atoms with Gasteiger partial charge in [0.1, 0.15) is 4.99 Å². The fraction of sp³-hybridized carbons (Fsp3) is 0.600. The molecule has 0 radical (unpaired) electrons. The van der Waals surface area contributed by atoms with Crippen LogP contribution in [0.2, 0.25) is 0 Å². The molecule has 3 nitrogen and oxygen atoms in total. The van der Waals surface area contributed by atoms with Gasteiger partial charge in [-0.3, -0.25) is 4.98 Å². The van der Waals surface area contributed by atoms with Crippen LogP contribution in [0.15, 0.2) is 18.3 Å². The number of fused-ring (bicyclic) bond motifs is 1. The predicted molar refractivity (Wildman–Crippen MR) is 82.5 cm³/mol. The first-order chi connectivity index (χ1) is 9.25. The van der Waals surface area contributed by atoms with Crippen molar-refractivity contribution >= 4 is 22.9 Å². The Labute approximate surface area is 120 Å². The molecule has 0 aromatic carbocycles. The third-order valence-electron chi connectivity index (χ3n) is 4.58. The number of rotatable bonds is 2. The van der Waals surface area contributed by atoms with Gasteiger partial charge in [0.25, 0.3) is 0 Å². The molecule has 1 aromatic heterocycles. The molecule has 1 saturated carbocycles. The van der Waals surface area contributed by atoms with Crippen LogP contribution in [0.25, 0.3) is 0 Å². The summed E-state index contributed by atoms with van der Waals surface area (Å²) in [6, 6.07) is 4.79. The lowest BCUT2D eigenvalue weighted by Gasteiger charge is -2.45. The van der Waals surface area contributed by atoms with Crippen molar-refractivity contribution < 1.29 is 0 Å². The number of nitrogens with two attached hydrogens (primary N) is 1. The summed E-state index contributed by atoms with van der Waals surface area (Å²) in [6.45, 7) is 1.16. The second-order valence-corrected chi connectivity index (χ2v) is 6.15. The first-order valence-electron chi connectivity index (χ1n) is 7.28. The second-order valence-electron chi connectivity index (χ2n) is 5.71. The van der Waals surface area contributed by atoms with E-state index in [1.54, 1.807) is 0 Å². The Morgan fingerprint density at radius 3 is 2.74 bits per heavy atom. The Kier molecular flexibility index (Phi) is 3.69. The number of aromatic nitrogens is 1. The fourth-order valence-electron chi connectivity index (χ4n) is 3.65. The third kappa shape index (κ3) is 2.59. The Hall–Kier alpha value is -1.16. The first-order valence-corrected chi connectivity index (χ1v) is 7.69. The zero-order valence-electron chi connectivity index (χ0n) is 11.2. The first kappa shape index (κ1) is 12.9. The Balaban J connectivity index is 1.81. The molecule has 19 heavy (non-hydrogen) atoms. The van der Waals surface area contributed by atoms with Crippen LogP contribution < -0.4 is 10.6 Å². The van der Waals surface area contributed by atoms with E-state index >= 15 is 0 Å². The molecule has 2 atom stereocenters. The van der Waals surface area contributed by atoms with Crippen LogP contribution in [0, 0.1) is 5.92 Å². The van der Waals surface area contributed by atoms with Crippen molar-refractivity contribution in [2.45, 2.75) is 44.6 Å². The van der Waals surface area contributed by atoms with E-state index in [1.807, 2.05) is 12.3 Å². The van der Waals surface area contributed by atoms with Crippen molar-refractivity contribution in [2.24, 2.45) is 11.7 Å². The molecule has 2 unspecified atom stereocenters. The van der Waals surface area contributed by atoms with Gasteiger partial charge in [-0.15, -0.1) is 0 Å². The summed E-state index contributed by atoms with van der Waals surface area (Å²) in [4.78, 5) is 7.32. The molecule has 0 amide bonds. The normalized spacial score (nSPS) is 26.8. The Morgan fingerprint density at radius 2 is 2.00 bits per heavy atom. The van der Waals surface area contributed by atoms with Gasteiger partial charge in [0.05, 0.1) is 17.6 Å². The van der Waals surface area contributed by atoms with Gasteiger partial charge in [0.15, 0.2) is 0 Å². The molecule has 1 aromatic rings. The molecular formula is C15H21N3S. The highest BCUT2D eigenvalue weighted by atomic mass is 32.1. The van der Waals surface area contributed by atoms with Gasteiger partial charge in [-0.1, -0.05) is 25.1 Å². The zero-order chi connectivity index (χ0) is 13.2. The number of anilines is 1. The van der Waals surface area contributed by atoms with Crippen molar-refractivity contribution in [2.75, 3.05) is 11.4 Å². The zero-order valence-corrected chi connectivity index (χ0v) is 12.0. The van der Waals surface area contributed by atoms with Gasteiger partial charge in [-0.25, -0.2) is 0 Å². The van der Waals surface area contributed by atoms with Crippen LogP contribution in [0.3, 0.4) is 0 Å². The molecule has 0 bridgehead atoms. The smallest absolute Gasteiger partial charge is 0.122 e. The topological polar surface area (TPSA) is 42.1 Å². The summed E-state index contributed by atoms with van der Waals surface area (Å²) in [5, 5.41) is 0. The van der Waals surface area contributed by atoms with Crippen molar-refractivity contribution in [3.63, 3.8) is 0 Å². The Morgan fingerprint density at radius 1 is 1.21 bits per heavy atom. The largest absolute Gasteiger partial charge is 0.388 e. The van der Waals surface area contributed by atoms with E-state index in [0.717, 1.165) is 24.2 Å². The minimum atomic E-state index is 0.376. The lowest BCUT2D eigenvalue weighted by Crippen LogP contribution is -2.47. The van der Waals surface area contributed by atoms with Crippen LogP contribution in [-0.2, 0) is 0 Å². The molecule has 2 fully saturated rings. The number of pyridine rings is 1. The lowest BCUT2D eigenvalue weighted by molar-refractivity contribution is 0.243. The predicted octanol–water partition coefficient (Wildman–Crippen LogP) is 2.87. The molecule has 3 rings (SSSR count). The van der Waals surface area contributed by atoms with E-state index in [2.05, 4.69) is 16.0 Å². The van der Waals surface area contributed by atoms with Crippen LogP contribution in [0.5, 0.6) is 0 Å². The number of piperidine rings is 1. The average Bonchev–Trinajstić information content (AvgIpc) is 2.47. The number of nitrogens with zero attached hydrogens (tertiary/aromatic N) is 2. The lowest BCUT2D eigenvalue weighted by atomic mass is 9.78. The number of hydrogen-bond donors (Lipinski definition) is 1. The highest BCUT2D eigenvalue weighted by molar-refractivity contribution is 7.80. The van der Waals surface area contributed by atoms with Gasteiger partial charge in [-0.2, -0.15) is 0 Å². The van der Waals surface area contributed by atoms with E-state index in [0.29, 0.717) is 4.99 Å². The summed E-state index contributed by atoms with van der Waals surface area (Å²) < 4.78 is 0.